The first-order chi connectivity index (χ1) is 17.7. The molecule has 0 aromatic heterocycles. The molecule has 2 aromatic carbocycles. The lowest BCUT2D eigenvalue weighted by atomic mass is 10.0. The third kappa shape index (κ3) is 8.50. The van der Waals surface area contributed by atoms with Crippen molar-refractivity contribution >= 4 is 36.0 Å². The molecule has 208 valence electrons. The Morgan fingerprint density at radius 2 is 1.61 bits per heavy atom. The average molecular weight is 624 g/mol. The second-order valence-electron chi connectivity index (χ2n) is 9.89. The number of allylic oxidation sites excluding steroid dienone is 1. The van der Waals surface area contributed by atoms with Crippen LogP contribution in [0.25, 0.3) is 0 Å². The van der Waals surface area contributed by atoms with Gasteiger partial charge in [0.15, 0.2) is 0 Å². The first-order valence-electron chi connectivity index (χ1n) is 12.6. The molecule has 38 heavy (non-hydrogen) atoms. The molecule has 0 bridgehead atoms. The van der Waals surface area contributed by atoms with E-state index in [0.717, 1.165) is 11.1 Å². The molecule has 2 rings (SSSR count). The highest BCUT2D eigenvalue weighted by atomic mass is 79.9. The summed E-state index contributed by atoms with van der Waals surface area (Å²) in [5.74, 6) is -0.0124. The van der Waals surface area contributed by atoms with Crippen LogP contribution < -0.4 is 4.72 Å². The summed E-state index contributed by atoms with van der Waals surface area (Å²) in [7, 11) is -7.43. The fourth-order valence-corrected chi connectivity index (χ4v) is 8.19. The Morgan fingerprint density at radius 3 is 2.13 bits per heavy atom. The number of hydrogen-bond acceptors (Lipinski definition) is 4. The number of hydrogen-bond donors (Lipinski definition) is 1. The molecule has 0 saturated carbocycles. The Kier molecular flexibility index (Phi) is 11.8. The van der Waals surface area contributed by atoms with Gasteiger partial charge in [-0.3, -0.25) is 0 Å². The van der Waals surface area contributed by atoms with E-state index in [1.54, 1.807) is 30.3 Å². The van der Waals surface area contributed by atoms with E-state index in [1.807, 2.05) is 59.8 Å². The zero-order chi connectivity index (χ0) is 28.7. The van der Waals surface area contributed by atoms with Crippen LogP contribution in [0.3, 0.4) is 0 Å². The molecule has 0 amide bonds. The van der Waals surface area contributed by atoms with Gasteiger partial charge in [0, 0.05) is 17.6 Å². The molecule has 2 aromatic rings. The van der Waals surface area contributed by atoms with E-state index >= 15 is 0 Å². The Hall–Kier alpha value is -2.00. The lowest BCUT2D eigenvalue weighted by Crippen LogP contribution is -2.43. The van der Waals surface area contributed by atoms with Gasteiger partial charge in [-0.25, -0.2) is 21.6 Å². The molecule has 0 unspecified atom stereocenters. The van der Waals surface area contributed by atoms with Crippen molar-refractivity contribution < 1.29 is 16.8 Å². The van der Waals surface area contributed by atoms with Crippen molar-refractivity contribution in [2.45, 2.75) is 70.2 Å². The number of benzene rings is 2. The summed E-state index contributed by atoms with van der Waals surface area (Å²) in [6.45, 7) is 15.5. The SMILES string of the molecule is C=C=C[C@H](C(C)C)N(C/C(Br)=C/CCCNS(=O)(=O)c1ccc(C)cc1)S(=O)(=O)c1c(C)cc(C)cc1C. The summed E-state index contributed by atoms with van der Waals surface area (Å²) in [6, 6.07) is 10.0. The lowest BCUT2D eigenvalue weighted by Gasteiger charge is -2.32. The molecule has 0 aliphatic carbocycles. The van der Waals surface area contributed by atoms with Crippen LogP contribution in [0.5, 0.6) is 0 Å². The highest BCUT2D eigenvalue weighted by Gasteiger charge is 2.34. The van der Waals surface area contributed by atoms with Crippen LogP contribution in [-0.4, -0.2) is 40.3 Å². The molecule has 0 saturated heterocycles. The van der Waals surface area contributed by atoms with Crippen LogP contribution in [0, 0.1) is 33.6 Å². The minimum Gasteiger partial charge on any atom is -0.211 e. The number of rotatable bonds is 13. The predicted octanol–water partition coefficient (Wildman–Crippen LogP) is 6.31. The topological polar surface area (TPSA) is 83.6 Å². The number of nitrogens with zero attached hydrogens (tertiary/aromatic N) is 1. The van der Waals surface area contributed by atoms with Gasteiger partial charge in [-0.05, 0) is 75.8 Å². The van der Waals surface area contributed by atoms with Gasteiger partial charge in [0.1, 0.15) is 0 Å². The summed E-state index contributed by atoms with van der Waals surface area (Å²) >= 11 is 3.56. The Labute approximate surface area is 237 Å². The second kappa shape index (κ2) is 13.9. The van der Waals surface area contributed by atoms with Gasteiger partial charge in [0.25, 0.3) is 0 Å². The third-order valence-corrected chi connectivity index (χ3v) is 10.4. The van der Waals surface area contributed by atoms with E-state index in [9.17, 15) is 16.8 Å². The van der Waals surface area contributed by atoms with Crippen molar-refractivity contribution in [2.75, 3.05) is 13.1 Å². The van der Waals surface area contributed by atoms with Gasteiger partial charge in [-0.2, -0.15) is 4.31 Å². The molecule has 0 spiro atoms. The third-order valence-electron chi connectivity index (χ3n) is 6.15. The molecule has 0 aliphatic heterocycles. The van der Waals surface area contributed by atoms with Gasteiger partial charge >= 0.3 is 0 Å². The van der Waals surface area contributed by atoms with Crippen molar-refractivity contribution in [3.05, 3.63) is 87.6 Å². The monoisotopic (exact) mass is 622 g/mol. The quantitative estimate of drug-likeness (QED) is 0.209. The second-order valence-corrected chi connectivity index (χ2v) is 14.5. The fraction of sp³-hybridized carbons (Fsp3) is 0.414. The fourth-order valence-electron chi connectivity index (χ4n) is 4.35. The minimum absolute atomic E-state index is 0.0124. The minimum atomic E-state index is -3.86. The molecule has 0 fully saturated rings. The molecule has 0 heterocycles. The van der Waals surface area contributed by atoms with E-state index in [2.05, 4.69) is 33.0 Å². The normalized spacial score (nSPS) is 13.6. The largest absolute Gasteiger partial charge is 0.244 e. The number of nitrogens with one attached hydrogen (secondary N) is 1. The molecule has 6 nitrogen and oxygen atoms in total. The molecule has 0 radical (unpaired) electrons. The molecule has 0 aliphatic rings. The van der Waals surface area contributed by atoms with Crippen LogP contribution in [-0.2, 0) is 20.0 Å². The predicted molar refractivity (Wildman–Crippen MR) is 159 cm³/mol. The van der Waals surface area contributed by atoms with Crippen molar-refractivity contribution in [1.29, 1.82) is 0 Å². The maximum absolute atomic E-state index is 14.0. The molecule has 9 heteroatoms. The van der Waals surface area contributed by atoms with Crippen molar-refractivity contribution in [1.82, 2.24) is 9.03 Å². The highest BCUT2D eigenvalue weighted by molar-refractivity contribution is 9.11. The van der Waals surface area contributed by atoms with Crippen LogP contribution in [0.15, 0.2) is 75.1 Å². The zero-order valence-corrected chi connectivity index (χ0v) is 26.3. The van der Waals surface area contributed by atoms with E-state index in [4.69, 9.17) is 0 Å². The summed E-state index contributed by atoms with van der Waals surface area (Å²) in [6.07, 6.45) is 4.72. The first kappa shape index (κ1) is 32.2. The standard InChI is InChI=1S/C29H39BrN2O4S2/c1-8-11-28(21(2)3)32(38(35,36)29-24(6)18-23(5)19-25(29)7)20-26(30)12-9-10-17-31-37(33,34)27-15-13-22(4)14-16-27/h11-16,18-19,21,28,31H,1,9-10,17,20H2,2-7H3/b26-12-/t28-/m1/s1. The summed E-state index contributed by atoms with van der Waals surface area (Å²) in [4.78, 5) is 0.550. The van der Waals surface area contributed by atoms with Crippen LogP contribution >= 0.6 is 15.9 Å². The van der Waals surface area contributed by atoms with Gasteiger partial charge in [0.2, 0.25) is 20.0 Å². The number of sulfonamides is 2. The number of halogens is 1. The maximum Gasteiger partial charge on any atom is 0.244 e. The molecule has 1 N–H and O–H groups in total. The summed E-state index contributed by atoms with van der Waals surface area (Å²) in [5, 5.41) is 0. The van der Waals surface area contributed by atoms with Crippen molar-refractivity contribution in [3.8, 4) is 0 Å². The summed E-state index contributed by atoms with van der Waals surface area (Å²) < 4.78 is 57.8. The highest BCUT2D eigenvalue weighted by Crippen LogP contribution is 2.30. The van der Waals surface area contributed by atoms with E-state index in [1.165, 1.54) is 4.31 Å². The average Bonchev–Trinajstić information content (AvgIpc) is 2.80. The van der Waals surface area contributed by atoms with E-state index < -0.39 is 26.1 Å². The Morgan fingerprint density at radius 1 is 1.03 bits per heavy atom. The van der Waals surface area contributed by atoms with Crippen molar-refractivity contribution in [2.24, 2.45) is 5.92 Å². The summed E-state index contributed by atoms with van der Waals surface area (Å²) in [5.41, 5.74) is 6.19. The Balaban J connectivity index is 2.21. The van der Waals surface area contributed by atoms with Gasteiger partial charge in [0.05, 0.1) is 15.8 Å². The number of aryl methyl sites for hydroxylation is 4. The first-order valence-corrected chi connectivity index (χ1v) is 16.3. The number of unbranched alkanes of at least 4 members (excludes halogenated alkanes) is 1. The maximum atomic E-state index is 14.0. The van der Waals surface area contributed by atoms with Crippen LogP contribution in [0.2, 0.25) is 0 Å². The van der Waals surface area contributed by atoms with Crippen molar-refractivity contribution in [3.63, 3.8) is 0 Å². The molecule has 1 atom stereocenters. The zero-order valence-electron chi connectivity index (χ0n) is 23.1. The van der Waals surface area contributed by atoms with Crippen LogP contribution in [0.4, 0.5) is 0 Å². The van der Waals surface area contributed by atoms with E-state index in [-0.39, 0.29) is 23.9 Å². The van der Waals surface area contributed by atoms with E-state index in [0.29, 0.717) is 33.3 Å². The molecular weight excluding hydrogens is 584 g/mol. The smallest absolute Gasteiger partial charge is 0.211 e. The van der Waals surface area contributed by atoms with Crippen LogP contribution in [0.1, 0.15) is 48.9 Å². The lowest BCUT2D eigenvalue weighted by molar-refractivity contribution is 0.323. The Bertz CT molecular complexity index is 1380. The van der Waals surface area contributed by atoms with Gasteiger partial charge < -0.3 is 0 Å². The molecular formula is C29H39BrN2O4S2. The van der Waals surface area contributed by atoms with Gasteiger partial charge in [-0.15, -0.1) is 5.73 Å². The van der Waals surface area contributed by atoms with Gasteiger partial charge in [-0.1, -0.05) is 77.8 Å².